The Bertz CT molecular complexity index is 584. The van der Waals surface area contributed by atoms with Crippen LogP contribution in [0.1, 0.15) is 25.1 Å². The van der Waals surface area contributed by atoms with E-state index < -0.39 is 0 Å². The second kappa shape index (κ2) is 6.10. The van der Waals surface area contributed by atoms with Crippen LogP contribution in [0.3, 0.4) is 0 Å². The van der Waals surface area contributed by atoms with Gasteiger partial charge in [-0.15, -0.1) is 0 Å². The van der Waals surface area contributed by atoms with Crippen LogP contribution in [0.15, 0.2) is 22.9 Å². The highest BCUT2D eigenvalue weighted by Crippen LogP contribution is 2.28. The van der Waals surface area contributed by atoms with Gasteiger partial charge in [0.25, 0.3) is 0 Å². The average molecular weight is 321 g/mol. The lowest BCUT2D eigenvalue weighted by Crippen LogP contribution is -2.05. The van der Waals surface area contributed by atoms with Gasteiger partial charge in [-0.2, -0.15) is 0 Å². The van der Waals surface area contributed by atoms with Crippen LogP contribution in [0, 0.1) is 6.92 Å². The summed E-state index contributed by atoms with van der Waals surface area (Å²) >= 11 is 3.52. The van der Waals surface area contributed by atoms with E-state index in [9.17, 15) is 0 Å². The van der Waals surface area contributed by atoms with E-state index in [1.165, 1.54) is 0 Å². The van der Waals surface area contributed by atoms with Crippen LogP contribution in [-0.2, 0) is 6.42 Å². The number of pyridine rings is 1. The van der Waals surface area contributed by atoms with Crippen molar-refractivity contribution in [2.24, 2.45) is 0 Å². The molecule has 0 atom stereocenters. The molecule has 4 nitrogen and oxygen atoms in total. The number of nitrogens with zero attached hydrogens (tertiary/aromatic N) is 3. The zero-order chi connectivity index (χ0) is 13.8. The first-order valence-electron chi connectivity index (χ1n) is 6.38. The van der Waals surface area contributed by atoms with Crippen LogP contribution in [0.5, 0.6) is 0 Å². The van der Waals surface area contributed by atoms with Crippen molar-refractivity contribution < 1.29 is 0 Å². The molecule has 2 heterocycles. The molecule has 2 rings (SSSR count). The third-order valence-electron chi connectivity index (χ3n) is 2.89. The third-order valence-corrected chi connectivity index (χ3v) is 3.84. The first-order chi connectivity index (χ1) is 9.17. The highest BCUT2D eigenvalue weighted by atomic mass is 79.9. The molecule has 0 fully saturated rings. The number of anilines is 1. The summed E-state index contributed by atoms with van der Waals surface area (Å²) < 4.78 is 0.921. The summed E-state index contributed by atoms with van der Waals surface area (Å²) in [6.07, 6.45) is 4.57. The molecular weight excluding hydrogens is 304 g/mol. The molecule has 19 heavy (non-hydrogen) atoms. The van der Waals surface area contributed by atoms with Crippen molar-refractivity contribution in [1.82, 2.24) is 15.0 Å². The second-order valence-corrected chi connectivity index (χ2v) is 5.00. The van der Waals surface area contributed by atoms with Crippen LogP contribution in [0.4, 0.5) is 5.82 Å². The molecule has 1 N–H and O–H groups in total. The van der Waals surface area contributed by atoms with Crippen LogP contribution in [-0.4, -0.2) is 21.5 Å². The van der Waals surface area contributed by atoms with Crippen LogP contribution < -0.4 is 5.32 Å². The maximum Gasteiger partial charge on any atom is 0.162 e. The minimum Gasteiger partial charge on any atom is -0.369 e. The zero-order valence-electron chi connectivity index (χ0n) is 11.4. The molecule has 0 aliphatic heterocycles. The normalized spacial score (nSPS) is 10.5. The van der Waals surface area contributed by atoms with Gasteiger partial charge in [0.15, 0.2) is 5.82 Å². The molecule has 0 amide bonds. The second-order valence-electron chi connectivity index (χ2n) is 4.21. The predicted molar refractivity (Wildman–Crippen MR) is 81.2 cm³/mol. The lowest BCUT2D eigenvalue weighted by Gasteiger charge is -2.11. The van der Waals surface area contributed by atoms with E-state index in [-0.39, 0.29) is 0 Å². The Hall–Kier alpha value is -1.49. The van der Waals surface area contributed by atoms with Crippen LogP contribution in [0.2, 0.25) is 0 Å². The van der Waals surface area contributed by atoms with Crippen molar-refractivity contribution in [2.75, 3.05) is 11.9 Å². The van der Waals surface area contributed by atoms with Crippen LogP contribution in [0.25, 0.3) is 11.4 Å². The van der Waals surface area contributed by atoms with E-state index in [0.29, 0.717) is 0 Å². The number of halogens is 1. The van der Waals surface area contributed by atoms with E-state index in [1.807, 2.05) is 26.1 Å². The lowest BCUT2D eigenvalue weighted by molar-refractivity contribution is 1.04. The average Bonchev–Trinajstić information content (AvgIpc) is 2.43. The molecule has 0 aromatic carbocycles. The fourth-order valence-corrected chi connectivity index (χ4v) is 2.21. The summed E-state index contributed by atoms with van der Waals surface area (Å²) in [5.41, 5.74) is 3.14. The van der Waals surface area contributed by atoms with Crippen molar-refractivity contribution in [2.45, 2.75) is 27.2 Å². The summed E-state index contributed by atoms with van der Waals surface area (Å²) in [5.74, 6) is 1.58. The van der Waals surface area contributed by atoms with Gasteiger partial charge in [0, 0.05) is 24.5 Å². The topological polar surface area (TPSA) is 50.7 Å². The molecule has 0 saturated heterocycles. The molecule has 0 aliphatic rings. The van der Waals surface area contributed by atoms with Crippen LogP contribution >= 0.6 is 15.9 Å². The van der Waals surface area contributed by atoms with Gasteiger partial charge in [0.05, 0.1) is 10.2 Å². The molecule has 0 spiro atoms. The van der Waals surface area contributed by atoms with E-state index in [4.69, 9.17) is 0 Å². The Morgan fingerprint density at radius 3 is 2.74 bits per heavy atom. The summed E-state index contributed by atoms with van der Waals surface area (Å²) in [5, 5.41) is 3.25. The molecule has 0 saturated carbocycles. The van der Waals surface area contributed by atoms with E-state index in [2.05, 4.69) is 43.1 Å². The van der Waals surface area contributed by atoms with Gasteiger partial charge >= 0.3 is 0 Å². The van der Waals surface area contributed by atoms with Crippen molar-refractivity contribution in [3.05, 3.63) is 34.2 Å². The van der Waals surface area contributed by atoms with Crippen molar-refractivity contribution in [1.29, 1.82) is 0 Å². The molecule has 5 heteroatoms. The lowest BCUT2D eigenvalue weighted by atomic mass is 10.1. The number of rotatable bonds is 4. The Kier molecular flexibility index (Phi) is 4.47. The summed E-state index contributed by atoms with van der Waals surface area (Å²) in [6, 6.07) is 1.97. The summed E-state index contributed by atoms with van der Waals surface area (Å²) in [7, 11) is 0. The SMILES string of the molecule is CCNc1nc(-c2ccncc2CC)nc(C)c1Br. The zero-order valence-corrected chi connectivity index (χ0v) is 13.0. The van der Waals surface area contributed by atoms with Gasteiger partial charge in [0.1, 0.15) is 5.82 Å². The number of aryl methyl sites for hydroxylation is 2. The molecule has 0 unspecified atom stereocenters. The van der Waals surface area contributed by atoms with Gasteiger partial charge in [-0.05, 0) is 47.8 Å². The van der Waals surface area contributed by atoms with Crippen molar-refractivity contribution in [3.63, 3.8) is 0 Å². The van der Waals surface area contributed by atoms with E-state index >= 15 is 0 Å². The van der Waals surface area contributed by atoms with Gasteiger partial charge in [0.2, 0.25) is 0 Å². The fourth-order valence-electron chi connectivity index (χ4n) is 1.89. The quantitative estimate of drug-likeness (QED) is 0.935. The standard InChI is InChI=1S/C14H17BrN4/c1-4-10-8-16-7-6-11(10)13-18-9(3)12(15)14(19-13)17-5-2/h6-8H,4-5H2,1-3H3,(H,17,18,19). The Balaban J connectivity index is 2.56. The first-order valence-corrected chi connectivity index (χ1v) is 7.17. The Morgan fingerprint density at radius 1 is 1.26 bits per heavy atom. The first kappa shape index (κ1) is 13.9. The molecule has 2 aromatic heterocycles. The largest absolute Gasteiger partial charge is 0.369 e. The number of hydrogen-bond donors (Lipinski definition) is 1. The molecule has 100 valence electrons. The monoisotopic (exact) mass is 320 g/mol. The van der Waals surface area contributed by atoms with E-state index in [1.54, 1.807) is 6.20 Å². The number of hydrogen-bond acceptors (Lipinski definition) is 4. The maximum absolute atomic E-state index is 4.60. The number of aromatic nitrogens is 3. The smallest absolute Gasteiger partial charge is 0.162 e. The molecular formula is C14H17BrN4. The fraction of sp³-hybridized carbons (Fsp3) is 0.357. The predicted octanol–water partition coefficient (Wildman–Crippen LogP) is 3.60. The third kappa shape index (κ3) is 2.92. The highest BCUT2D eigenvalue weighted by molar-refractivity contribution is 9.10. The summed E-state index contributed by atoms with van der Waals surface area (Å²) in [4.78, 5) is 13.3. The molecule has 0 radical (unpaired) electrons. The van der Waals surface area contributed by atoms with E-state index in [0.717, 1.165) is 45.9 Å². The Morgan fingerprint density at radius 2 is 2.05 bits per heavy atom. The number of nitrogens with one attached hydrogen (secondary N) is 1. The van der Waals surface area contributed by atoms with Crippen molar-refractivity contribution in [3.8, 4) is 11.4 Å². The van der Waals surface area contributed by atoms with Gasteiger partial charge in [-0.1, -0.05) is 6.92 Å². The Labute approximate surface area is 121 Å². The van der Waals surface area contributed by atoms with Crippen molar-refractivity contribution >= 4 is 21.7 Å². The highest BCUT2D eigenvalue weighted by Gasteiger charge is 2.12. The molecule has 2 aromatic rings. The van der Waals surface area contributed by atoms with Gasteiger partial charge < -0.3 is 5.32 Å². The minimum atomic E-state index is 0.746. The van der Waals surface area contributed by atoms with Gasteiger partial charge in [-0.25, -0.2) is 9.97 Å². The maximum atomic E-state index is 4.60. The minimum absolute atomic E-state index is 0.746. The molecule has 0 aliphatic carbocycles. The summed E-state index contributed by atoms with van der Waals surface area (Å²) in [6.45, 7) is 6.96. The molecule has 0 bridgehead atoms. The van der Waals surface area contributed by atoms with Gasteiger partial charge in [-0.3, -0.25) is 4.98 Å².